The first kappa shape index (κ1) is 28.4. The predicted molar refractivity (Wildman–Crippen MR) is 157 cm³/mol. The predicted octanol–water partition coefficient (Wildman–Crippen LogP) is 6.05. The molecule has 1 aliphatic rings. The number of hydrogen-bond acceptors (Lipinski definition) is 5. The molecule has 7 nitrogen and oxygen atoms in total. The van der Waals surface area contributed by atoms with Gasteiger partial charge in [-0.15, -0.1) is 10.2 Å². The first-order valence-corrected chi connectivity index (χ1v) is 13.8. The van der Waals surface area contributed by atoms with Crippen molar-refractivity contribution in [2.75, 3.05) is 5.32 Å². The van der Waals surface area contributed by atoms with E-state index in [-0.39, 0.29) is 17.9 Å². The molecule has 39 heavy (non-hydrogen) atoms. The molecule has 0 spiro atoms. The molecule has 206 valence electrons. The Kier molecular flexibility index (Phi) is 8.50. The summed E-state index contributed by atoms with van der Waals surface area (Å²) in [6, 6.07) is 20.1. The molecule has 4 N–H and O–H groups in total. The van der Waals surface area contributed by atoms with Crippen LogP contribution < -0.4 is 16.4 Å². The number of amides is 2. The molecule has 0 aliphatic heterocycles. The van der Waals surface area contributed by atoms with Gasteiger partial charge in [-0.3, -0.25) is 9.59 Å². The molecule has 0 atom stereocenters. The summed E-state index contributed by atoms with van der Waals surface area (Å²) in [6.45, 7) is 9.73. The summed E-state index contributed by atoms with van der Waals surface area (Å²) in [4.78, 5) is 25.2. The highest BCUT2D eigenvalue weighted by atomic mass is 16.2. The summed E-state index contributed by atoms with van der Waals surface area (Å²) >= 11 is 0. The molecule has 0 saturated heterocycles. The second-order valence-electron chi connectivity index (χ2n) is 12.4. The Labute approximate surface area is 232 Å². The fourth-order valence-electron chi connectivity index (χ4n) is 4.93. The highest BCUT2D eigenvalue weighted by molar-refractivity contribution is 5.91. The zero-order valence-electron chi connectivity index (χ0n) is 23.8. The van der Waals surface area contributed by atoms with Gasteiger partial charge in [-0.25, -0.2) is 0 Å². The molecule has 2 aromatic carbocycles. The number of hydrogen-bond donors (Lipinski definition) is 3. The summed E-state index contributed by atoms with van der Waals surface area (Å²) in [7, 11) is 0. The van der Waals surface area contributed by atoms with Crippen molar-refractivity contribution < 1.29 is 9.59 Å². The lowest BCUT2D eigenvalue weighted by Gasteiger charge is -2.31. The molecule has 1 heterocycles. The van der Waals surface area contributed by atoms with Crippen LogP contribution in [-0.4, -0.2) is 28.1 Å². The lowest BCUT2D eigenvalue weighted by molar-refractivity contribution is -0.129. The van der Waals surface area contributed by atoms with Crippen molar-refractivity contribution in [1.82, 2.24) is 15.5 Å². The zero-order chi connectivity index (χ0) is 28.2. The molecule has 0 bridgehead atoms. The van der Waals surface area contributed by atoms with E-state index in [1.165, 1.54) is 0 Å². The molecule has 3 aromatic rings. The lowest BCUT2D eigenvalue weighted by Crippen LogP contribution is -2.43. The maximum absolute atomic E-state index is 12.9. The fourth-order valence-corrected chi connectivity index (χ4v) is 4.93. The van der Waals surface area contributed by atoms with Crippen LogP contribution in [0.5, 0.6) is 0 Å². The minimum atomic E-state index is -0.430. The molecule has 1 fully saturated rings. The number of carbonyl (C=O) groups is 2. The van der Waals surface area contributed by atoms with Crippen LogP contribution in [0.3, 0.4) is 0 Å². The van der Waals surface area contributed by atoms with Crippen LogP contribution in [0.2, 0.25) is 0 Å². The number of aromatic nitrogens is 2. The van der Waals surface area contributed by atoms with Crippen molar-refractivity contribution in [3.63, 3.8) is 0 Å². The van der Waals surface area contributed by atoms with Crippen LogP contribution in [0.15, 0.2) is 60.7 Å². The number of benzene rings is 2. The minimum Gasteiger partial charge on any atom is -0.353 e. The number of rotatable bonds is 7. The van der Waals surface area contributed by atoms with E-state index in [1.807, 2.05) is 95.3 Å². The summed E-state index contributed by atoms with van der Waals surface area (Å²) in [5.74, 6) is 0.749. The summed E-state index contributed by atoms with van der Waals surface area (Å²) in [6.07, 6.45) is 4.05. The van der Waals surface area contributed by atoms with Crippen molar-refractivity contribution in [2.45, 2.75) is 78.3 Å². The molecule has 0 unspecified atom stereocenters. The van der Waals surface area contributed by atoms with E-state index in [1.54, 1.807) is 0 Å². The maximum Gasteiger partial charge on any atom is 0.225 e. The van der Waals surface area contributed by atoms with Gasteiger partial charge in [-0.05, 0) is 62.6 Å². The van der Waals surface area contributed by atoms with Gasteiger partial charge in [0.05, 0.1) is 0 Å². The van der Waals surface area contributed by atoms with Crippen LogP contribution in [0, 0.1) is 11.3 Å². The molecule has 1 saturated carbocycles. The smallest absolute Gasteiger partial charge is 0.225 e. The van der Waals surface area contributed by atoms with Gasteiger partial charge in [0.15, 0.2) is 5.82 Å². The van der Waals surface area contributed by atoms with E-state index >= 15 is 0 Å². The van der Waals surface area contributed by atoms with Crippen molar-refractivity contribution in [2.24, 2.45) is 17.1 Å². The largest absolute Gasteiger partial charge is 0.353 e. The monoisotopic (exact) mass is 527 g/mol. The number of carbonyl (C=O) groups excluding carboxylic acids is 2. The third-order valence-corrected chi connectivity index (χ3v) is 7.39. The molecule has 0 radical (unpaired) electrons. The molecule has 2 amide bonds. The van der Waals surface area contributed by atoms with E-state index in [2.05, 4.69) is 20.8 Å². The number of nitrogens with two attached hydrogens (primary N) is 1. The quantitative estimate of drug-likeness (QED) is 0.346. The minimum absolute atomic E-state index is 0.0623. The molecule has 1 aliphatic carbocycles. The Morgan fingerprint density at radius 1 is 0.872 bits per heavy atom. The number of nitrogens with zero attached hydrogens (tertiary/aromatic N) is 2. The van der Waals surface area contributed by atoms with Crippen LogP contribution in [-0.2, 0) is 15.1 Å². The second-order valence-corrected chi connectivity index (χ2v) is 12.4. The number of nitrogens with one attached hydrogen (secondary N) is 2. The van der Waals surface area contributed by atoms with E-state index in [0.717, 1.165) is 53.6 Å². The Bertz CT molecular complexity index is 1280. The first-order valence-electron chi connectivity index (χ1n) is 13.8. The third kappa shape index (κ3) is 7.51. The average molecular weight is 528 g/mol. The molecule has 4 rings (SSSR count). The van der Waals surface area contributed by atoms with Gasteiger partial charge in [0.1, 0.15) is 5.69 Å². The van der Waals surface area contributed by atoms with Crippen molar-refractivity contribution in [1.29, 1.82) is 0 Å². The van der Waals surface area contributed by atoms with Crippen molar-refractivity contribution in [3.05, 3.63) is 66.2 Å². The first-order chi connectivity index (χ1) is 18.4. The Morgan fingerprint density at radius 2 is 1.51 bits per heavy atom. The molecular weight excluding hydrogens is 486 g/mol. The Morgan fingerprint density at radius 3 is 2.10 bits per heavy atom. The summed E-state index contributed by atoms with van der Waals surface area (Å²) in [5.41, 5.74) is 10.0. The van der Waals surface area contributed by atoms with Gasteiger partial charge in [0.2, 0.25) is 11.8 Å². The fraction of sp³-hybridized carbons (Fsp3) is 0.438. The van der Waals surface area contributed by atoms with E-state index in [9.17, 15) is 9.59 Å². The third-order valence-electron chi connectivity index (χ3n) is 7.39. The summed E-state index contributed by atoms with van der Waals surface area (Å²) < 4.78 is 0. The van der Waals surface area contributed by atoms with E-state index in [4.69, 9.17) is 5.73 Å². The van der Waals surface area contributed by atoms with Gasteiger partial charge < -0.3 is 16.4 Å². The molecular formula is C32H41N5O2. The van der Waals surface area contributed by atoms with Gasteiger partial charge in [-0.2, -0.15) is 0 Å². The van der Waals surface area contributed by atoms with Gasteiger partial charge in [0.25, 0.3) is 0 Å². The van der Waals surface area contributed by atoms with Crippen LogP contribution in [0.25, 0.3) is 22.4 Å². The Balaban J connectivity index is 1.44. The summed E-state index contributed by atoms with van der Waals surface area (Å²) in [5, 5.41) is 15.0. The lowest BCUT2D eigenvalue weighted by atomic mass is 9.83. The van der Waals surface area contributed by atoms with E-state index < -0.39 is 11.0 Å². The SMILES string of the molecule is CC(C)(C)C(=O)NC1CCC(CC(=O)Nc2cc(-c3ccccc3)c(-c3ccc(C(C)(C)N)cc3)nn2)CC1. The highest BCUT2D eigenvalue weighted by Gasteiger charge is 2.28. The normalized spacial score (nSPS) is 17.9. The zero-order valence-corrected chi connectivity index (χ0v) is 23.8. The molecule has 7 heteroatoms. The van der Waals surface area contributed by atoms with Crippen molar-refractivity contribution >= 4 is 17.6 Å². The number of anilines is 1. The maximum atomic E-state index is 12.9. The standard InChI is InChI=1S/C32H41N5O2/c1-31(2,3)30(39)34-25-17-11-21(12-18-25)19-28(38)35-27-20-26(22-9-7-6-8-10-22)29(37-36-27)23-13-15-24(16-14-23)32(4,5)33/h6-10,13-16,20-21,25H,11-12,17-19,33H2,1-5H3,(H,34,39)(H,35,36,38). The van der Waals surface area contributed by atoms with Gasteiger partial charge in [-0.1, -0.05) is 75.4 Å². The van der Waals surface area contributed by atoms with E-state index in [0.29, 0.717) is 18.2 Å². The Hall–Kier alpha value is -3.58. The average Bonchev–Trinajstić information content (AvgIpc) is 2.89. The molecule has 1 aromatic heterocycles. The van der Waals surface area contributed by atoms with Crippen LogP contribution in [0.1, 0.15) is 72.3 Å². The van der Waals surface area contributed by atoms with Crippen LogP contribution in [0.4, 0.5) is 5.82 Å². The highest BCUT2D eigenvalue weighted by Crippen LogP contribution is 2.33. The van der Waals surface area contributed by atoms with Gasteiger partial charge >= 0.3 is 0 Å². The van der Waals surface area contributed by atoms with Crippen LogP contribution >= 0.6 is 0 Å². The second kappa shape index (κ2) is 11.7. The van der Waals surface area contributed by atoms with Crippen molar-refractivity contribution in [3.8, 4) is 22.4 Å². The topological polar surface area (TPSA) is 110 Å². The van der Waals surface area contributed by atoms with Gasteiger partial charge in [0, 0.05) is 34.5 Å².